The molecule has 4 aliphatic rings. The van der Waals surface area contributed by atoms with Crippen molar-refractivity contribution in [3.05, 3.63) is 30.2 Å². The number of carbonyl (C=O) groups excluding carboxylic acids is 1. The third kappa shape index (κ3) is 2.33. The van der Waals surface area contributed by atoms with E-state index in [9.17, 15) is 9.90 Å². The monoisotopic (exact) mass is 341 g/mol. The van der Waals surface area contributed by atoms with Gasteiger partial charge in [-0.05, 0) is 55.9 Å². The summed E-state index contributed by atoms with van der Waals surface area (Å²) in [6.07, 6.45) is 9.96. The highest BCUT2D eigenvalue weighted by Crippen LogP contribution is 2.55. The van der Waals surface area contributed by atoms with Crippen molar-refractivity contribution in [3.8, 4) is 5.82 Å². The summed E-state index contributed by atoms with van der Waals surface area (Å²) < 4.78 is 3.34. The zero-order chi connectivity index (χ0) is 17.2. The summed E-state index contributed by atoms with van der Waals surface area (Å²) in [4.78, 5) is 13.0. The number of nitrogens with zero attached hydrogens (tertiary/aromatic N) is 4. The fourth-order valence-corrected chi connectivity index (χ4v) is 5.70. The lowest BCUT2D eigenvalue weighted by Crippen LogP contribution is -2.61. The van der Waals surface area contributed by atoms with Gasteiger partial charge in [0.1, 0.15) is 5.56 Å². The molecule has 132 valence electrons. The van der Waals surface area contributed by atoms with Crippen molar-refractivity contribution in [2.45, 2.75) is 43.7 Å². The molecule has 2 aromatic rings. The fraction of sp³-hybridized carbons (Fsp3) is 0.611. The minimum Gasteiger partial charge on any atom is -0.390 e. The first-order chi connectivity index (χ1) is 12.0. The average molecular weight is 341 g/mol. The van der Waals surface area contributed by atoms with Crippen molar-refractivity contribution in [1.29, 1.82) is 0 Å². The highest BCUT2D eigenvalue weighted by atomic mass is 16.3. The molecule has 2 aromatic heterocycles. The molecule has 6 rings (SSSR count). The van der Waals surface area contributed by atoms with Gasteiger partial charge in [-0.3, -0.25) is 9.48 Å². The van der Waals surface area contributed by atoms with Crippen molar-refractivity contribution < 1.29 is 9.90 Å². The number of aromatic nitrogens is 4. The van der Waals surface area contributed by atoms with E-state index in [1.165, 1.54) is 0 Å². The molecule has 25 heavy (non-hydrogen) atoms. The molecule has 0 spiro atoms. The van der Waals surface area contributed by atoms with E-state index in [4.69, 9.17) is 0 Å². The van der Waals surface area contributed by atoms with Gasteiger partial charge in [0.15, 0.2) is 5.82 Å². The molecule has 0 aliphatic heterocycles. The first-order valence-corrected chi connectivity index (χ1v) is 9.08. The Morgan fingerprint density at radius 3 is 2.68 bits per heavy atom. The van der Waals surface area contributed by atoms with Gasteiger partial charge in [-0.25, -0.2) is 4.68 Å². The second-order valence-electron chi connectivity index (χ2n) is 8.15. The third-order valence-electron chi connectivity index (χ3n) is 6.41. The quantitative estimate of drug-likeness (QED) is 0.881. The second-order valence-corrected chi connectivity index (χ2v) is 8.15. The Kier molecular flexibility index (Phi) is 3.13. The van der Waals surface area contributed by atoms with Gasteiger partial charge in [0.2, 0.25) is 0 Å². The number of aryl methyl sites for hydroxylation is 1. The van der Waals surface area contributed by atoms with Gasteiger partial charge in [0, 0.05) is 25.5 Å². The van der Waals surface area contributed by atoms with E-state index in [0.717, 1.165) is 32.1 Å². The van der Waals surface area contributed by atoms with E-state index in [2.05, 4.69) is 15.5 Å². The Morgan fingerprint density at radius 2 is 2.04 bits per heavy atom. The zero-order valence-corrected chi connectivity index (χ0v) is 14.3. The van der Waals surface area contributed by atoms with Crippen LogP contribution in [0.2, 0.25) is 0 Å². The molecule has 4 bridgehead atoms. The molecule has 2 atom stereocenters. The van der Waals surface area contributed by atoms with Crippen molar-refractivity contribution in [3.63, 3.8) is 0 Å². The Hall–Kier alpha value is -2.15. The van der Waals surface area contributed by atoms with Gasteiger partial charge < -0.3 is 10.4 Å². The molecule has 2 heterocycles. The lowest BCUT2D eigenvalue weighted by atomic mass is 9.52. The average Bonchev–Trinajstić information content (AvgIpc) is 3.18. The van der Waals surface area contributed by atoms with Crippen molar-refractivity contribution >= 4 is 5.91 Å². The molecule has 4 aliphatic carbocycles. The van der Waals surface area contributed by atoms with Gasteiger partial charge in [-0.2, -0.15) is 10.2 Å². The number of carbonyl (C=O) groups is 1. The van der Waals surface area contributed by atoms with E-state index in [-0.39, 0.29) is 11.9 Å². The van der Waals surface area contributed by atoms with E-state index in [1.807, 2.05) is 19.3 Å². The molecule has 2 unspecified atom stereocenters. The van der Waals surface area contributed by atoms with Crippen LogP contribution in [0.1, 0.15) is 42.5 Å². The zero-order valence-electron chi connectivity index (χ0n) is 14.3. The van der Waals surface area contributed by atoms with Crippen LogP contribution in [0.3, 0.4) is 0 Å². The fourth-order valence-electron chi connectivity index (χ4n) is 5.70. The number of rotatable bonds is 3. The van der Waals surface area contributed by atoms with Crippen LogP contribution in [0, 0.1) is 17.8 Å². The molecule has 0 aromatic carbocycles. The molecule has 4 saturated carbocycles. The summed E-state index contributed by atoms with van der Waals surface area (Å²) in [5.74, 6) is 2.00. The molecule has 7 heteroatoms. The van der Waals surface area contributed by atoms with E-state index >= 15 is 0 Å². The number of hydrogen-bond donors (Lipinski definition) is 2. The van der Waals surface area contributed by atoms with Crippen LogP contribution in [-0.2, 0) is 7.05 Å². The van der Waals surface area contributed by atoms with Gasteiger partial charge in [-0.15, -0.1) is 0 Å². The maximum Gasteiger partial charge on any atom is 0.256 e. The maximum atomic E-state index is 13.0. The van der Waals surface area contributed by atoms with E-state index in [0.29, 0.717) is 29.1 Å². The molecule has 1 amide bonds. The Balaban J connectivity index is 1.40. The molecule has 4 fully saturated rings. The summed E-state index contributed by atoms with van der Waals surface area (Å²) in [5, 5.41) is 22.5. The normalized spacial score (nSPS) is 35.9. The Bertz CT molecular complexity index is 796. The summed E-state index contributed by atoms with van der Waals surface area (Å²) >= 11 is 0. The number of amides is 1. The molecule has 0 saturated heterocycles. The predicted molar refractivity (Wildman–Crippen MR) is 90.1 cm³/mol. The van der Waals surface area contributed by atoms with Gasteiger partial charge in [0.05, 0.1) is 11.8 Å². The standard InChI is InChI=1S/C18H23N5O2/c1-22-17(23-4-2-3-19-23)14(10-20-22)16(24)21-15-12-5-11-6-13(15)9-18(25,7-11)8-12/h2-4,10-13,15,25H,5-9H2,1H3,(H,21,24)/t11?,12?,13?,15-,18-. The van der Waals surface area contributed by atoms with Crippen LogP contribution in [0.25, 0.3) is 5.82 Å². The van der Waals surface area contributed by atoms with Gasteiger partial charge >= 0.3 is 0 Å². The highest BCUT2D eigenvalue weighted by molar-refractivity contribution is 5.97. The van der Waals surface area contributed by atoms with E-state index < -0.39 is 5.60 Å². The second kappa shape index (κ2) is 5.17. The lowest BCUT2D eigenvalue weighted by Gasteiger charge is -2.58. The third-order valence-corrected chi connectivity index (χ3v) is 6.41. The maximum absolute atomic E-state index is 13.0. The number of hydrogen-bond acceptors (Lipinski definition) is 4. The van der Waals surface area contributed by atoms with Crippen LogP contribution in [0.4, 0.5) is 0 Å². The van der Waals surface area contributed by atoms with Crippen LogP contribution >= 0.6 is 0 Å². The minimum atomic E-state index is -0.480. The molecular formula is C18H23N5O2. The SMILES string of the molecule is Cn1ncc(C(=O)N[C@H]2C3CC4CC2C[C@](O)(C4)C3)c1-n1cccn1. The van der Waals surface area contributed by atoms with Crippen LogP contribution in [-0.4, -0.2) is 42.2 Å². The molecule has 2 N–H and O–H groups in total. The van der Waals surface area contributed by atoms with Gasteiger partial charge in [0.25, 0.3) is 5.91 Å². The van der Waals surface area contributed by atoms with Crippen molar-refractivity contribution in [2.24, 2.45) is 24.8 Å². The number of aliphatic hydroxyl groups is 1. The van der Waals surface area contributed by atoms with E-state index in [1.54, 1.807) is 21.8 Å². The molecular weight excluding hydrogens is 318 g/mol. The smallest absolute Gasteiger partial charge is 0.256 e. The van der Waals surface area contributed by atoms with Crippen LogP contribution < -0.4 is 5.32 Å². The Labute approximate surface area is 146 Å². The molecule has 0 radical (unpaired) electrons. The first kappa shape index (κ1) is 15.1. The van der Waals surface area contributed by atoms with Crippen molar-refractivity contribution in [1.82, 2.24) is 24.9 Å². The summed E-state index contributed by atoms with van der Waals surface area (Å²) in [6.45, 7) is 0. The van der Waals surface area contributed by atoms with Gasteiger partial charge in [-0.1, -0.05) is 0 Å². The Morgan fingerprint density at radius 1 is 1.28 bits per heavy atom. The van der Waals surface area contributed by atoms with Crippen molar-refractivity contribution in [2.75, 3.05) is 0 Å². The predicted octanol–water partition coefficient (Wildman–Crippen LogP) is 1.28. The van der Waals surface area contributed by atoms with Crippen LogP contribution in [0.5, 0.6) is 0 Å². The summed E-state index contributed by atoms with van der Waals surface area (Å²) in [5.41, 5.74) is 0.0606. The highest BCUT2D eigenvalue weighted by Gasteiger charge is 2.55. The topological polar surface area (TPSA) is 85.0 Å². The van der Waals surface area contributed by atoms with Crippen LogP contribution in [0.15, 0.2) is 24.7 Å². The molecule has 7 nitrogen and oxygen atoms in total. The number of nitrogens with one attached hydrogen (secondary N) is 1. The summed E-state index contributed by atoms with van der Waals surface area (Å²) in [6, 6.07) is 1.99. The minimum absolute atomic E-state index is 0.0944. The largest absolute Gasteiger partial charge is 0.390 e. The lowest BCUT2D eigenvalue weighted by molar-refractivity contribution is -0.136. The summed E-state index contributed by atoms with van der Waals surface area (Å²) in [7, 11) is 1.81. The first-order valence-electron chi connectivity index (χ1n) is 9.08.